The summed E-state index contributed by atoms with van der Waals surface area (Å²) in [5.74, 6) is 0. The Morgan fingerprint density at radius 2 is 2.08 bits per heavy atom. The first-order chi connectivity index (χ1) is 5.67. The van der Waals surface area contributed by atoms with Crippen molar-refractivity contribution in [3.05, 3.63) is 41.5 Å². The molecular formula is C11H11I. The van der Waals surface area contributed by atoms with Gasteiger partial charge in [-0.15, -0.1) is 0 Å². The van der Waals surface area contributed by atoms with Crippen molar-refractivity contribution in [2.75, 3.05) is 0 Å². The van der Waals surface area contributed by atoms with Crippen LogP contribution in [0.4, 0.5) is 0 Å². The second kappa shape index (κ2) is 2.87. The molecule has 1 heteroatoms. The van der Waals surface area contributed by atoms with Crippen LogP contribution in [0.1, 0.15) is 18.1 Å². The second-order valence-electron chi connectivity index (χ2n) is 3.49. The van der Waals surface area contributed by atoms with E-state index in [1.165, 1.54) is 11.1 Å². The molecule has 0 fully saturated rings. The van der Waals surface area contributed by atoms with Gasteiger partial charge in [0.25, 0.3) is 0 Å². The highest BCUT2D eigenvalue weighted by atomic mass is 127. The van der Waals surface area contributed by atoms with Crippen LogP contribution >= 0.6 is 22.6 Å². The summed E-state index contributed by atoms with van der Waals surface area (Å²) in [6, 6.07) is 8.61. The summed E-state index contributed by atoms with van der Waals surface area (Å²) in [6.45, 7) is 2.26. The Morgan fingerprint density at radius 3 is 2.92 bits per heavy atom. The van der Waals surface area contributed by atoms with Gasteiger partial charge in [-0.05, 0) is 24.5 Å². The topological polar surface area (TPSA) is 0 Å². The highest BCUT2D eigenvalue weighted by Crippen LogP contribution is 2.31. The van der Waals surface area contributed by atoms with E-state index in [2.05, 4.69) is 65.9 Å². The molecule has 1 aromatic rings. The summed E-state index contributed by atoms with van der Waals surface area (Å²) in [5.41, 5.74) is 2.85. The number of rotatable bonds is 0. The van der Waals surface area contributed by atoms with Gasteiger partial charge in [0.1, 0.15) is 0 Å². The largest absolute Gasteiger partial charge is 0.0742 e. The predicted octanol–water partition coefficient (Wildman–Crippen LogP) is 3.45. The minimum atomic E-state index is 0.312. The van der Waals surface area contributed by atoms with Gasteiger partial charge < -0.3 is 0 Å². The molecule has 1 aromatic carbocycles. The van der Waals surface area contributed by atoms with Crippen LogP contribution in [0.5, 0.6) is 0 Å². The second-order valence-corrected chi connectivity index (χ2v) is 5.95. The van der Waals surface area contributed by atoms with E-state index in [1.807, 2.05) is 0 Å². The molecule has 0 spiro atoms. The first kappa shape index (κ1) is 8.30. The molecule has 0 saturated carbocycles. The fourth-order valence-corrected chi connectivity index (χ4v) is 2.14. The smallest absolute Gasteiger partial charge is 0.0416 e. The van der Waals surface area contributed by atoms with E-state index in [9.17, 15) is 0 Å². The first-order valence-electron chi connectivity index (χ1n) is 4.13. The normalized spacial score (nSPS) is 26.8. The molecule has 0 amide bonds. The van der Waals surface area contributed by atoms with Crippen molar-refractivity contribution in [1.82, 2.24) is 0 Å². The predicted molar refractivity (Wildman–Crippen MR) is 61.6 cm³/mol. The van der Waals surface area contributed by atoms with E-state index in [0.29, 0.717) is 3.42 Å². The lowest BCUT2D eigenvalue weighted by Crippen LogP contribution is -2.18. The molecule has 2 rings (SSSR count). The van der Waals surface area contributed by atoms with Crippen molar-refractivity contribution >= 4 is 28.7 Å². The minimum absolute atomic E-state index is 0.312. The van der Waals surface area contributed by atoms with Gasteiger partial charge in [-0.2, -0.15) is 0 Å². The van der Waals surface area contributed by atoms with Gasteiger partial charge in [0, 0.05) is 3.42 Å². The summed E-state index contributed by atoms with van der Waals surface area (Å²) < 4.78 is 0.312. The van der Waals surface area contributed by atoms with Gasteiger partial charge in [-0.3, -0.25) is 0 Å². The first-order valence-corrected chi connectivity index (χ1v) is 5.21. The maximum atomic E-state index is 2.50. The maximum Gasteiger partial charge on any atom is 0.0416 e. The van der Waals surface area contributed by atoms with Gasteiger partial charge in [0.15, 0.2) is 0 Å². The van der Waals surface area contributed by atoms with Crippen molar-refractivity contribution in [2.45, 2.75) is 16.8 Å². The Labute approximate surface area is 86.8 Å². The molecular weight excluding hydrogens is 259 g/mol. The van der Waals surface area contributed by atoms with Gasteiger partial charge in [0.05, 0.1) is 0 Å². The van der Waals surface area contributed by atoms with E-state index in [-0.39, 0.29) is 0 Å². The number of hydrogen-bond acceptors (Lipinski definition) is 0. The molecule has 12 heavy (non-hydrogen) atoms. The van der Waals surface area contributed by atoms with Crippen LogP contribution in [0.15, 0.2) is 30.3 Å². The number of hydrogen-bond donors (Lipinski definition) is 0. The molecule has 0 bridgehead atoms. The highest BCUT2D eigenvalue weighted by molar-refractivity contribution is 14.1. The lowest BCUT2D eigenvalue weighted by atomic mass is 9.91. The molecule has 0 N–H and O–H groups in total. The Hall–Kier alpha value is -0.310. The average molecular weight is 270 g/mol. The van der Waals surface area contributed by atoms with Crippen LogP contribution in [0.25, 0.3) is 6.08 Å². The maximum absolute atomic E-state index is 2.50. The number of alkyl halides is 1. The summed E-state index contributed by atoms with van der Waals surface area (Å²) in [4.78, 5) is 0. The Morgan fingerprint density at radius 1 is 1.33 bits per heavy atom. The van der Waals surface area contributed by atoms with Crippen molar-refractivity contribution in [3.8, 4) is 0 Å². The Kier molecular flexibility index (Phi) is 1.99. The molecule has 0 nitrogen and oxygen atoms in total. The highest BCUT2D eigenvalue weighted by Gasteiger charge is 2.21. The molecule has 0 radical (unpaired) electrons. The molecule has 1 atom stereocenters. The van der Waals surface area contributed by atoms with Crippen LogP contribution in [0, 0.1) is 0 Å². The Balaban J connectivity index is 2.46. The summed E-state index contributed by atoms with van der Waals surface area (Å²) >= 11 is 2.50. The van der Waals surface area contributed by atoms with Gasteiger partial charge >= 0.3 is 0 Å². The zero-order chi connectivity index (χ0) is 8.60. The number of fused-ring (bicyclic) bond motifs is 1. The molecule has 1 unspecified atom stereocenters. The van der Waals surface area contributed by atoms with Crippen molar-refractivity contribution in [3.63, 3.8) is 0 Å². The van der Waals surface area contributed by atoms with Gasteiger partial charge in [0.2, 0.25) is 0 Å². The fraction of sp³-hybridized carbons (Fsp3) is 0.273. The zero-order valence-electron chi connectivity index (χ0n) is 7.05. The van der Waals surface area contributed by atoms with Crippen LogP contribution in [0.2, 0.25) is 0 Å². The van der Waals surface area contributed by atoms with Gasteiger partial charge in [-0.25, -0.2) is 0 Å². The summed E-state index contributed by atoms with van der Waals surface area (Å²) in [7, 11) is 0. The molecule has 0 aliphatic heterocycles. The third kappa shape index (κ3) is 1.56. The minimum Gasteiger partial charge on any atom is -0.0742 e. The quantitative estimate of drug-likeness (QED) is 0.500. The number of benzene rings is 1. The molecule has 0 saturated heterocycles. The third-order valence-corrected chi connectivity index (χ3v) is 2.94. The van der Waals surface area contributed by atoms with Crippen LogP contribution in [-0.2, 0) is 6.42 Å². The lowest BCUT2D eigenvalue weighted by Gasteiger charge is -2.23. The van der Waals surface area contributed by atoms with Crippen molar-refractivity contribution < 1.29 is 0 Å². The van der Waals surface area contributed by atoms with E-state index < -0.39 is 0 Å². The van der Waals surface area contributed by atoms with E-state index in [1.54, 1.807) is 0 Å². The SMILES string of the molecule is CC1(I)C=Cc2ccccc2C1. The lowest BCUT2D eigenvalue weighted by molar-refractivity contribution is 0.811. The van der Waals surface area contributed by atoms with Crippen molar-refractivity contribution in [1.29, 1.82) is 0 Å². The van der Waals surface area contributed by atoms with Crippen LogP contribution in [0.3, 0.4) is 0 Å². The van der Waals surface area contributed by atoms with Crippen molar-refractivity contribution in [2.24, 2.45) is 0 Å². The van der Waals surface area contributed by atoms with Crippen LogP contribution < -0.4 is 0 Å². The van der Waals surface area contributed by atoms with E-state index >= 15 is 0 Å². The monoisotopic (exact) mass is 270 g/mol. The van der Waals surface area contributed by atoms with Crippen LogP contribution in [-0.4, -0.2) is 3.42 Å². The number of halogens is 1. The summed E-state index contributed by atoms with van der Waals surface area (Å²) in [6.07, 6.45) is 5.67. The van der Waals surface area contributed by atoms with E-state index in [4.69, 9.17) is 0 Å². The standard InChI is InChI=1S/C11H11I/c1-11(12)7-6-9-4-2-3-5-10(9)8-11/h2-7H,8H2,1H3. The zero-order valence-corrected chi connectivity index (χ0v) is 9.21. The molecule has 0 heterocycles. The number of allylic oxidation sites excluding steroid dienone is 1. The summed E-state index contributed by atoms with van der Waals surface area (Å²) in [5, 5.41) is 0. The van der Waals surface area contributed by atoms with Gasteiger partial charge in [-0.1, -0.05) is 59.0 Å². The van der Waals surface area contributed by atoms with E-state index in [0.717, 1.165) is 6.42 Å². The molecule has 0 aromatic heterocycles. The molecule has 1 aliphatic carbocycles. The molecule has 1 aliphatic rings. The third-order valence-electron chi connectivity index (χ3n) is 2.20. The fourth-order valence-electron chi connectivity index (χ4n) is 1.55. The Bertz CT molecular complexity index is 324. The molecule has 62 valence electrons. The average Bonchev–Trinajstić information content (AvgIpc) is 2.02.